The van der Waals surface area contributed by atoms with Crippen molar-refractivity contribution >= 4 is 0 Å². The second kappa shape index (κ2) is 10.6. The van der Waals surface area contributed by atoms with Crippen LogP contribution in [0.15, 0.2) is 0 Å². The van der Waals surface area contributed by atoms with Gasteiger partial charge in [0, 0.05) is 37.5 Å². The summed E-state index contributed by atoms with van der Waals surface area (Å²) in [6.07, 6.45) is -9.62. The van der Waals surface area contributed by atoms with Crippen molar-refractivity contribution in [1.82, 2.24) is 0 Å². The van der Waals surface area contributed by atoms with E-state index in [4.69, 9.17) is 41.9 Å². The third-order valence-corrected chi connectivity index (χ3v) is 6.24. The Morgan fingerprint density at radius 2 is 1.26 bits per heavy atom. The number of hydrogen-bond donors (Lipinski definition) is 9. The van der Waals surface area contributed by atoms with Crippen molar-refractivity contribution in [2.45, 2.75) is 98.8 Å². The Morgan fingerprint density at radius 3 is 1.81 bits per heavy atom. The smallest absolute Gasteiger partial charge is 0.161 e. The first kappa shape index (κ1) is 25.1. The fourth-order valence-corrected chi connectivity index (χ4v) is 4.39. The molecule has 0 aromatic carbocycles. The van der Waals surface area contributed by atoms with E-state index in [1.54, 1.807) is 0 Å². The second-order valence-electron chi connectivity index (χ2n) is 8.57. The number of aliphatic hydroxyl groups excluding tert-OH is 5. The lowest BCUT2D eigenvalue weighted by molar-refractivity contribution is -0.299. The highest BCUT2D eigenvalue weighted by molar-refractivity contribution is 5.00. The van der Waals surface area contributed by atoms with Crippen molar-refractivity contribution < 1.29 is 44.5 Å². The van der Waals surface area contributed by atoms with Crippen LogP contribution in [0.4, 0.5) is 0 Å². The zero-order chi connectivity index (χ0) is 22.9. The van der Waals surface area contributed by atoms with Gasteiger partial charge in [-0.25, -0.2) is 0 Å². The Kier molecular flexibility index (Phi) is 8.59. The van der Waals surface area contributed by atoms with Crippen molar-refractivity contribution in [2.24, 2.45) is 22.9 Å². The van der Waals surface area contributed by atoms with Crippen molar-refractivity contribution in [3.8, 4) is 0 Å². The maximum atomic E-state index is 10.9. The lowest BCUT2D eigenvalue weighted by Gasteiger charge is -2.46. The average Bonchev–Trinajstić information content (AvgIpc) is 2.73. The Morgan fingerprint density at radius 1 is 0.710 bits per heavy atom. The molecule has 0 bridgehead atoms. The minimum Gasteiger partial charge on any atom is -0.394 e. The van der Waals surface area contributed by atoms with Crippen LogP contribution in [0.1, 0.15) is 19.3 Å². The first-order valence-electron chi connectivity index (χ1n) is 10.6. The summed E-state index contributed by atoms with van der Waals surface area (Å²) in [6, 6.07) is -1.96. The zero-order valence-corrected chi connectivity index (χ0v) is 17.2. The van der Waals surface area contributed by atoms with Gasteiger partial charge < -0.3 is 67.4 Å². The lowest BCUT2D eigenvalue weighted by atomic mass is 9.84. The van der Waals surface area contributed by atoms with E-state index in [0.29, 0.717) is 0 Å². The predicted octanol–water partition coefficient (Wildman–Crippen LogP) is -5.23. The number of hydrogen-bond acceptors (Lipinski definition) is 13. The molecular formula is C18H36N4O9. The van der Waals surface area contributed by atoms with Gasteiger partial charge in [0.25, 0.3) is 0 Å². The Bertz CT molecular complexity index is 532. The summed E-state index contributed by atoms with van der Waals surface area (Å²) in [6.45, 7) is -0.467. The monoisotopic (exact) mass is 452 g/mol. The normalized spacial score (nSPS) is 51.6. The number of aliphatic hydroxyl groups is 5. The van der Waals surface area contributed by atoms with Crippen LogP contribution in [0, 0.1) is 0 Å². The molecule has 0 radical (unpaired) electrons. The van der Waals surface area contributed by atoms with Crippen LogP contribution >= 0.6 is 0 Å². The van der Waals surface area contributed by atoms with Crippen LogP contribution < -0.4 is 22.9 Å². The van der Waals surface area contributed by atoms with Gasteiger partial charge in [-0.2, -0.15) is 0 Å². The first-order chi connectivity index (χ1) is 14.7. The summed E-state index contributed by atoms with van der Waals surface area (Å²) < 4.78 is 22.9. The summed E-state index contributed by atoms with van der Waals surface area (Å²) in [5.74, 6) is 0. The molecular weight excluding hydrogens is 416 g/mol. The molecule has 3 fully saturated rings. The molecule has 13 nitrogen and oxygen atoms in total. The van der Waals surface area contributed by atoms with Gasteiger partial charge in [-0.15, -0.1) is 0 Å². The van der Waals surface area contributed by atoms with Gasteiger partial charge >= 0.3 is 0 Å². The minimum absolute atomic E-state index is 0.0227. The number of rotatable bonds is 6. The Labute approximate surface area is 180 Å². The fourth-order valence-electron chi connectivity index (χ4n) is 4.39. The molecule has 13 N–H and O–H groups in total. The second-order valence-corrected chi connectivity index (χ2v) is 8.57. The first-order valence-corrected chi connectivity index (χ1v) is 10.6. The van der Waals surface area contributed by atoms with Crippen molar-refractivity contribution in [1.29, 1.82) is 0 Å². The van der Waals surface area contributed by atoms with Crippen LogP contribution in [-0.2, 0) is 18.9 Å². The average molecular weight is 453 g/mol. The van der Waals surface area contributed by atoms with Gasteiger partial charge in [-0.05, 0) is 6.42 Å². The minimum atomic E-state index is -1.26. The summed E-state index contributed by atoms with van der Waals surface area (Å²) in [4.78, 5) is 0. The molecule has 182 valence electrons. The van der Waals surface area contributed by atoms with E-state index < -0.39 is 86.1 Å². The van der Waals surface area contributed by atoms with Crippen LogP contribution in [0.25, 0.3) is 0 Å². The zero-order valence-electron chi connectivity index (χ0n) is 17.2. The summed E-state index contributed by atoms with van der Waals surface area (Å²) in [5.41, 5.74) is 23.8. The molecule has 0 spiro atoms. The quantitative estimate of drug-likeness (QED) is 0.183. The molecule has 13 heteroatoms. The number of nitrogens with two attached hydrogens (primary N) is 4. The van der Waals surface area contributed by atoms with E-state index in [1.165, 1.54) is 0 Å². The third-order valence-electron chi connectivity index (χ3n) is 6.24. The molecule has 3 rings (SSSR count). The van der Waals surface area contributed by atoms with E-state index in [2.05, 4.69) is 0 Å². The maximum Gasteiger partial charge on any atom is 0.161 e. The lowest BCUT2D eigenvalue weighted by Crippen LogP contribution is -2.65. The van der Waals surface area contributed by atoms with E-state index in [-0.39, 0.29) is 25.8 Å². The summed E-state index contributed by atoms with van der Waals surface area (Å²) in [7, 11) is 0. The SMILES string of the molecule is NCC1O[C@@H](O[C@H]2C(N)C[C@@H](N)C(O[C@H]3CC(N)[C@H](O)C(CO)O3)C2O)CC(O)[C@@H]1O. The topological polar surface area (TPSA) is 242 Å². The maximum absolute atomic E-state index is 10.9. The van der Waals surface area contributed by atoms with Crippen molar-refractivity contribution in [3.05, 3.63) is 0 Å². The predicted molar refractivity (Wildman–Crippen MR) is 105 cm³/mol. The fraction of sp³-hybridized carbons (Fsp3) is 1.00. The van der Waals surface area contributed by atoms with E-state index in [1.807, 2.05) is 0 Å². The molecule has 2 heterocycles. The highest BCUT2D eigenvalue weighted by atomic mass is 16.7. The van der Waals surface area contributed by atoms with Crippen LogP contribution in [0.5, 0.6) is 0 Å². The highest BCUT2D eigenvalue weighted by Gasteiger charge is 2.48. The van der Waals surface area contributed by atoms with E-state index >= 15 is 0 Å². The van der Waals surface area contributed by atoms with Gasteiger partial charge in [0.05, 0.1) is 18.8 Å². The third kappa shape index (κ3) is 5.52. The van der Waals surface area contributed by atoms with E-state index in [0.717, 1.165) is 0 Å². The van der Waals surface area contributed by atoms with Gasteiger partial charge in [0.1, 0.15) is 36.6 Å². The molecule has 1 saturated carbocycles. The van der Waals surface area contributed by atoms with Gasteiger partial charge in [-0.3, -0.25) is 0 Å². The van der Waals surface area contributed by atoms with Crippen LogP contribution in [-0.4, -0.2) is 118 Å². The van der Waals surface area contributed by atoms with Gasteiger partial charge in [0.2, 0.25) is 0 Å². The molecule has 0 amide bonds. The molecule has 0 aromatic heterocycles. The molecule has 2 aliphatic heterocycles. The summed E-state index contributed by atoms with van der Waals surface area (Å²) >= 11 is 0. The molecule has 1 aliphatic carbocycles. The molecule has 0 aromatic rings. The van der Waals surface area contributed by atoms with Crippen molar-refractivity contribution in [3.63, 3.8) is 0 Å². The van der Waals surface area contributed by atoms with Crippen molar-refractivity contribution in [2.75, 3.05) is 13.2 Å². The number of ether oxygens (including phenoxy) is 4. The van der Waals surface area contributed by atoms with Crippen LogP contribution in [0.3, 0.4) is 0 Å². The van der Waals surface area contributed by atoms with E-state index in [9.17, 15) is 25.5 Å². The molecule has 3 aliphatic rings. The standard InChI is InChI=1S/C18H36N4O9/c19-4-10-15(26)9(24)3-13(28-10)31-18-8(22)1-7(21)17(16(18)27)30-12-2-6(20)14(25)11(5-23)29-12/h6-18,23-27H,1-5,19-22H2/t6?,7-,8?,9?,10?,11?,12+,13+,14+,15+,16?,17?,18+/m1/s1. The van der Waals surface area contributed by atoms with Gasteiger partial charge in [0.15, 0.2) is 12.6 Å². The Balaban J connectivity index is 1.65. The highest BCUT2D eigenvalue weighted by Crippen LogP contribution is 2.30. The van der Waals surface area contributed by atoms with Crippen LogP contribution in [0.2, 0.25) is 0 Å². The summed E-state index contributed by atoms with van der Waals surface area (Å²) in [5, 5.41) is 50.2. The molecule has 2 saturated heterocycles. The largest absolute Gasteiger partial charge is 0.394 e. The molecule has 31 heavy (non-hydrogen) atoms. The van der Waals surface area contributed by atoms with Gasteiger partial charge in [-0.1, -0.05) is 0 Å². The molecule has 7 unspecified atom stereocenters. The Hall–Kier alpha value is -0.520. The molecule has 13 atom stereocenters.